The molecule has 0 unspecified atom stereocenters. The van der Waals surface area contributed by atoms with Gasteiger partial charge in [-0.05, 0) is 41.8 Å². The molecule has 1 N–H and O–H groups in total. The molecule has 0 amide bonds. The normalized spacial score (nSPS) is 13.3. The van der Waals surface area contributed by atoms with Crippen LogP contribution in [-0.2, 0) is 6.42 Å². The number of benzene rings is 2. The van der Waals surface area contributed by atoms with Gasteiger partial charge in [0.15, 0.2) is 0 Å². The van der Waals surface area contributed by atoms with E-state index in [1.54, 1.807) is 12.1 Å². The minimum Gasteiger partial charge on any atom is -0.384 e. The molecule has 0 bridgehead atoms. The molecule has 0 aliphatic carbocycles. The van der Waals surface area contributed by atoms with Gasteiger partial charge in [-0.2, -0.15) is 0 Å². The Morgan fingerprint density at radius 1 is 1.12 bits per heavy atom. The summed E-state index contributed by atoms with van der Waals surface area (Å²) in [5.41, 5.74) is 3.87. The van der Waals surface area contributed by atoms with Crippen LogP contribution < -0.4 is 5.32 Å². The van der Waals surface area contributed by atoms with Crippen molar-refractivity contribution in [3.8, 4) is 11.1 Å². The molecule has 1 heterocycles. The van der Waals surface area contributed by atoms with Gasteiger partial charge in [0, 0.05) is 22.8 Å². The minimum atomic E-state index is -0.282. The van der Waals surface area contributed by atoms with Crippen molar-refractivity contribution in [2.75, 3.05) is 11.9 Å². The van der Waals surface area contributed by atoms with Crippen LogP contribution in [0.1, 0.15) is 5.56 Å². The van der Waals surface area contributed by atoms with Crippen LogP contribution >= 0.6 is 11.6 Å². The van der Waals surface area contributed by atoms with Gasteiger partial charge >= 0.3 is 0 Å². The van der Waals surface area contributed by atoms with E-state index in [9.17, 15) is 4.39 Å². The second-order valence-corrected chi connectivity index (χ2v) is 4.61. The maximum absolute atomic E-state index is 13.8. The summed E-state index contributed by atoms with van der Waals surface area (Å²) in [4.78, 5) is 0. The van der Waals surface area contributed by atoms with E-state index in [4.69, 9.17) is 11.6 Å². The van der Waals surface area contributed by atoms with Gasteiger partial charge in [-0.25, -0.2) is 4.39 Å². The fourth-order valence-electron chi connectivity index (χ4n) is 2.18. The second kappa shape index (κ2) is 4.04. The number of anilines is 1. The molecular formula is C14H11ClFN. The third-order valence-electron chi connectivity index (χ3n) is 3.06. The lowest BCUT2D eigenvalue weighted by Crippen LogP contribution is -1.91. The maximum Gasteiger partial charge on any atom is 0.132 e. The topological polar surface area (TPSA) is 12.0 Å². The fourth-order valence-corrected chi connectivity index (χ4v) is 2.34. The van der Waals surface area contributed by atoms with Crippen LogP contribution in [0.25, 0.3) is 11.1 Å². The molecule has 1 nitrogen and oxygen atoms in total. The Kier molecular flexibility index (Phi) is 2.52. The zero-order valence-electron chi connectivity index (χ0n) is 9.13. The molecule has 0 fully saturated rings. The molecule has 1 aliphatic heterocycles. The number of fused-ring (bicyclic) bond motifs is 1. The summed E-state index contributed by atoms with van der Waals surface area (Å²) in [6, 6.07) is 10.8. The van der Waals surface area contributed by atoms with Crippen molar-refractivity contribution in [2.45, 2.75) is 6.42 Å². The van der Waals surface area contributed by atoms with Gasteiger partial charge in [0.05, 0.1) is 0 Å². The van der Waals surface area contributed by atoms with Crippen molar-refractivity contribution in [3.05, 3.63) is 52.8 Å². The third kappa shape index (κ3) is 1.89. The Hall–Kier alpha value is -1.54. The van der Waals surface area contributed by atoms with E-state index in [2.05, 4.69) is 11.4 Å². The molecule has 2 aromatic carbocycles. The maximum atomic E-state index is 13.8. The molecule has 17 heavy (non-hydrogen) atoms. The zero-order valence-corrected chi connectivity index (χ0v) is 9.89. The lowest BCUT2D eigenvalue weighted by Gasteiger charge is -2.07. The number of nitrogens with one attached hydrogen (secondary N) is 1. The summed E-state index contributed by atoms with van der Waals surface area (Å²) in [5.74, 6) is -0.282. The van der Waals surface area contributed by atoms with E-state index in [1.807, 2.05) is 12.1 Å². The molecule has 86 valence electrons. The first-order chi connectivity index (χ1) is 8.24. The molecule has 2 aromatic rings. The first-order valence-electron chi connectivity index (χ1n) is 5.56. The highest BCUT2D eigenvalue weighted by atomic mass is 35.5. The van der Waals surface area contributed by atoms with Crippen molar-refractivity contribution in [1.29, 1.82) is 0 Å². The molecule has 1 aliphatic rings. The second-order valence-electron chi connectivity index (χ2n) is 4.17. The number of halogens is 2. The lowest BCUT2D eigenvalue weighted by molar-refractivity contribution is 0.631. The number of hydrogen-bond acceptors (Lipinski definition) is 1. The summed E-state index contributed by atoms with van der Waals surface area (Å²) in [6.07, 6.45) is 1.04. The van der Waals surface area contributed by atoms with Gasteiger partial charge < -0.3 is 5.32 Å². The molecule has 0 saturated heterocycles. The molecule has 0 saturated carbocycles. The molecule has 3 heteroatoms. The van der Waals surface area contributed by atoms with E-state index in [0.29, 0.717) is 10.6 Å². The Morgan fingerprint density at radius 2 is 2.00 bits per heavy atom. The molecule has 0 spiro atoms. The average molecular weight is 248 g/mol. The monoisotopic (exact) mass is 247 g/mol. The largest absolute Gasteiger partial charge is 0.384 e. The quantitative estimate of drug-likeness (QED) is 0.800. The Morgan fingerprint density at radius 3 is 2.82 bits per heavy atom. The van der Waals surface area contributed by atoms with Gasteiger partial charge in [0.1, 0.15) is 5.82 Å². The summed E-state index contributed by atoms with van der Waals surface area (Å²) in [6.45, 7) is 0.960. The van der Waals surface area contributed by atoms with Gasteiger partial charge in [-0.1, -0.05) is 23.7 Å². The number of hydrogen-bond donors (Lipinski definition) is 1. The summed E-state index contributed by atoms with van der Waals surface area (Å²) >= 11 is 5.75. The van der Waals surface area contributed by atoms with E-state index in [1.165, 1.54) is 11.6 Å². The molecule has 0 atom stereocenters. The lowest BCUT2D eigenvalue weighted by atomic mass is 10.0. The predicted molar refractivity (Wildman–Crippen MR) is 69.0 cm³/mol. The zero-order chi connectivity index (χ0) is 11.8. The Balaban J connectivity index is 2.09. The predicted octanol–water partition coefficient (Wildman–Crippen LogP) is 4.11. The van der Waals surface area contributed by atoms with Crippen LogP contribution in [-0.4, -0.2) is 6.54 Å². The van der Waals surface area contributed by atoms with E-state index in [0.717, 1.165) is 24.2 Å². The smallest absolute Gasteiger partial charge is 0.132 e. The first-order valence-corrected chi connectivity index (χ1v) is 5.94. The van der Waals surface area contributed by atoms with Gasteiger partial charge in [0.25, 0.3) is 0 Å². The van der Waals surface area contributed by atoms with Crippen molar-refractivity contribution in [1.82, 2.24) is 0 Å². The van der Waals surface area contributed by atoms with Crippen LogP contribution in [0.5, 0.6) is 0 Å². The van der Waals surface area contributed by atoms with Crippen LogP contribution in [0.15, 0.2) is 36.4 Å². The molecular weight excluding hydrogens is 237 g/mol. The average Bonchev–Trinajstić information content (AvgIpc) is 2.75. The summed E-state index contributed by atoms with van der Waals surface area (Å²) < 4.78 is 13.8. The molecule has 0 radical (unpaired) electrons. The summed E-state index contributed by atoms with van der Waals surface area (Å²) in [7, 11) is 0. The van der Waals surface area contributed by atoms with Crippen molar-refractivity contribution >= 4 is 17.3 Å². The third-order valence-corrected chi connectivity index (χ3v) is 3.30. The van der Waals surface area contributed by atoms with Crippen LogP contribution in [0.3, 0.4) is 0 Å². The standard InChI is InChI=1S/C14H11ClFN/c15-11-3-4-12(13(16)8-11)10-2-1-9-5-6-17-14(9)7-10/h1-4,7-8,17H,5-6H2. The molecule has 0 aromatic heterocycles. The first kappa shape index (κ1) is 10.6. The highest BCUT2D eigenvalue weighted by Gasteiger charge is 2.12. The highest BCUT2D eigenvalue weighted by molar-refractivity contribution is 6.30. The molecule has 3 rings (SSSR count). The van der Waals surface area contributed by atoms with E-state index >= 15 is 0 Å². The van der Waals surface area contributed by atoms with Gasteiger partial charge in [-0.3, -0.25) is 0 Å². The summed E-state index contributed by atoms with van der Waals surface area (Å²) in [5, 5.41) is 3.71. The highest BCUT2D eigenvalue weighted by Crippen LogP contribution is 2.31. The van der Waals surface area contributed by atoms with Gasteiger partial charge in [-0.15, -0.1) is 0 Å². The van der Waals surface area contributed by atoms with Crippen molar-refractivity contribution < 1.29 is 4.39 Å². The minimum absolute atomic E-state index is 0.282. The van der Waals surface area contributed by atoms with Crippen LogP contribution in [0.4, 0.5) is 10.1 Å². The SMILES string of the molecule is Fc1cc(Cl)ccc1-c1ccc2c(c1)NCC2. The van der Waals surface area contributed by atoms with E-state index < -0.39 is 0 Å². The van der Waals surface area contributed by atoms with Crippen LogP contribution in [0.2, 0.25) is 5.02 Å². The van der Waals surface area contributed by atoms with Crippen molar-refractivity contribution in [2.24, 2.45) is 0 Å². The Labute approximate surface area is 104 Å². The van der Waals surface area contributed by atoms with Crippen molar-refractivity contribution in [3.63, 3.8) is 0 Å². The van der Waals surface area contributed by atoms with Gasteiger partial charge in [0.2, 0.25) is 0 Å². The fraction of sp³-hybridized carbons (Fsp3) is 0.143. The Bertz CT molecular complexity index is 580. The van der Waals surface area contributed by atoms with Crippen LogP contribution in [0, 0.1) is 5.82 Å². The number of rotatable bonds is 1. The van der Waals surface area contributed by atoms with E-state index in [-0.39, 0.29) is 5.82 Å².